The minimum atomic E-state index is 0.378. The van der Waals surface area contributed by atoms with Crippen LogP contribution >= 0.6 is 0 Å². The molecule has 0 saturated carbocycles. The summed E-state index contributed by atoms with van der Waals surface area (Å²) in [5.41, 5.74) is 0.378. The second-order valence-electron chi connectivity index (χ2n) is 7.94. The highest BCUT2D eigenvalue weighted by Crippen LogP contribution is 2.20. The lowest BCUT2D eigenvalue weighted by Gasteiger charge is -2.17. The Hall–Kier alpha value is -0.320. The van der Waals surface area contributed by atoms with Crippen molar-refractivity contribution >= 4 is 0 Å². The summed E-state index contributed by atoms with van der Waals surface area (Å²) in [5.74, 6) is 0. The summed E-state index contributed by atoms with van der Waals surface area (Å²) in [6.45, 7) is 15.6. The van der Waals surface area contributed by atoms with Gasteiger partial charge < -0.3 is 37.9 Å². The molecule has 0 aromatic carbocycles. The highest BCUT2D eigenvalue weighted by molar-refractivity contribution is 4.60. The molecule has 8 nitrogen and oxygen atoms in total. The average molecular weight is 439 g/mol. The molecule has 0 aliphatic carbocycles. The van der Waals surface area contributed by atoms with Crippen molar-refractivity contribution in [2.75, 3.05) is 106 Å². The maximum absolute atomic E-state index is 5.55. The predicted octanol–water partition coefficient (Wildman–Crippen LogP) is 2.58. The monoisotopic (exact) mass is 438 g/mol. The molecule has 0 N–H and O–H groups in total. The molecule has 0 heterocycles. The van der Waals surface area contributed by atoms with Crippen LogP contribution in [0.4, 0.5) is 0 Å². The molecule has 0 atom stereocenters. The molecular formula is C22H46O8. The molecule has 0 rings (SSSR count). The fraction of sp³-hybridized carbons (Fsp3) is 1.00. The van der Waals surface area contributed by atoms with Crippen LogP contribution < -0.4 is 0 Å². The molecule has 0 fully saturated rings. The highest BCUT2D eigenvalue weighted by atomic mass is 16.6. The lowest BCUT2D eigenvalue weighted by molar-refractivity contribution is -0.0222. The van der Waals surface area contributed by atoms with E-state index in [0.717, 1.165) is 13.0 Å². The Morgan fingerprint density at radius 3 is 0.933 bits per heavy atom. The molecule has 0 aromatic heterocycles. The third-order valence-corrected chi connectivity index (χ3v) is 3.88. The first kappa shape index (κ1) is 29.7. The van der Waals surface area contributed by atoms with Gasteiger partial charge in [-0.3, -0.25) is 0 Å². The van der Waals surface area contributed by atoms with E-state index >= 15 is 0 Å². The van der Waals surface area contributed by atoms with Crippen LogP contribution in [0.15, 0.2) is 0 Å². The first-order valence-corrected chi connectivity index (χ1v) is 11.1. The smallest absolute Gasteiger partial charge is 0.0701 e. The molecule has 8 heteroatoms. The zero-order valence-electron chi connectivity index (χ0n) is 19.8. The van der Waals surface area contributed by atoms with Gasteiger partial charge in [-0.2, -0.15) is 0 Å². The Bertz CT molecular complexity index is 323. The molecule has 0 unspecified atom stereocenters. The largest absolute Gasteiger partial charge is 0.382 e. The van der Waals surface area contributed by atoms with Crippen molar-refractivity contribution in [3.05, 3.63) is 0 Å². The third kappa shape index (κ3) is 27.7. The third-order valence-electron chi connectivity index (χ3n) is 3.88. The molecule has 30 heavy (non-hydrogen) atoms. The lowest BCUT2D eigenvalue weighted by Crippen LogP contribution is -2.15. The number of ether oxygens (including phenoxy) is 8. The van der Waals surface area contributed by atoms with Gasteiger partial charge in [-0.05, 0) is 18.3 Å². The van der Waals surface area contributed by atoms with Crippen LogP contribution in [0, 0.1) is 5.41 Å². The SMILES string of the molecule is COCCOCCOCCOCCOCCOCCOCCOCCCC(C)(C)C. The van der Waals surface area contributed by atoms with Gasteiger partial charge in [-0.15, -0.1) is 0 Å². The maximum Gasteiger partial charge on any atom is 0.0701 e. The molecule has 0 aliphatic rings. The summed E-state index contributed by atoms with van der Waals surface area (Å²) in [4.78, 5) is 0. The Balaban J connectivity index is 3.02. The standard InChI is InChI=1S/C22H46O8/c1-22(2,3)6-5-7-24-10-11-26-14-15-28-18-19-30-21-20-29-17-16-27-13-12-25-9-8-23-4/h5-21H2,1-4H3. The van der Waals surface area contributed by atoms with Crippen molar-refractivity contribution in [1.29, 1.82) is 0 Å². The highest BCUT2D eigenvalue weighted by Gasteiger charge is 2.08. The van der Waals surface area contributed by atoms with Crippen molar-refractivity contribution < 1.29 is 37.9 Å². The fourth-order valence-corrected chi connectivity index (χ4v) is 2.27. The topological polar surface area (TPSA) is 73.8 Å². The molecule has 0 amide bonds. The van der Waals surface area contributed by atoms with Crippen molar-refractivity contribution in [2.24, 2.45) is 5.41 Å². The van der Waals surface area contributed by atoms with Gasteiger partial charge in [0.2, 0.25) is 0 Å². The molecule has 0 aliphatic heterocycles. The molecule has 0 radical (unpaired) electrons. The predicted molar refractivity (Wildman–Crippen MR) is 116 cm³/mol. The van der Waals surface area contributed by atoms with E-state index in [-0.39, 0.29) is 0 Å². The van der Waals surface area contributed by atoms with Crippen molar-refractivity contribution in [3.8, 4) is 0 Å². The van der Waals surface area contributed by atoms with Crippen LogP contribution in [0.3, 0.4) is 0 Å². The van der Waals surface area contributed by atoms with E-state index in [1.165, 1.54) is 6.42 Å². The fourth-order valence-electron chi connectivity index (χ4n) is 2.27. The lowest BCUT2D eigenvalue weighted by atomic mass is 9.91. The summed E-state index contributed by atoms with van der Waals surface area (Å²) in [5, 5.41) is 0. The zero-order valence-corrected chi connectivity index (χ0v) is 19.8. The summed E-state index contributed by atoms with van der Waals surface area (Å²) in [6.07, 6.45) is 2.27. The second kappa shape index (κ2) is 23.3. The van der Waals surface area contributed by atoms with Crippen LogP contribution in [0.2, 0.25) is 0 Å². The van der Waals surface area contributed by atoms with E-state index in [0.29, 0.717) is 97.9 Å². The number of methoxy groups -OCH3 is 1. The minimum Gasteiger partial charge on any atom is -0.382 e. The first-order chi connectivity index (χ1) is 14.6. The van der Waals surface area contributed by atoms with E-state index in [4.69, 9.17) is 37.9 Å². The van der Waals surface area contributed by atoms with Gasteiger partial charge in [0.1, 0.15) is 0 Å². The summed E-state index contributed by atoms with van der Waals surface area (Å²) < 4.78 is 42.9. The van der Waals surface area contributed by atoms with Gasteiger partial charge in [-0.25, -0.2) is 0 Å². The Labute approximate surface area is 183 Å². The average Bonchev–Trinajstić information content (AvgIpc) is 2.70. The van der Waals surface area contributed by atoms with Crippen LogP contribution in [0.5, 0.6) is 0 Å². The Morgan fingerprint density at radius 2 is 0.667 bits per heavy atom. The molecule has 0 bridgehead atoms. The summed E-state index contributed by atoms with van der Waals surface area (Å²) in [7, 11) is 1.65. The van der Waals surface area contributed by atoms with Gasteiger partial charge in [0, 0.05) is 13.7 Å². The molecule has 0 spiro atoms. The van der Waals surface area contributed by atoms with Gasteiger partial charge in [0.25, 0.3) is 0 Å². The van der Waals surface area contributed by atoms with Crippen LogP contribution in [-0.2, 0) is 37.9 Å². The van der Waals surface area contributed by atoms with E-state index in [9.17, 15) is 0 Å². The van der Waals surface area contributed by atoms with Gasteiger partial charge in [-0.1, -0.05) is 20.8 Å². The zero-order chi connectivity index (χ0) is 22.2. The minimum absolute atomic E-state index is 0.378. The maximum atomic E-state index is 5.55. The Morgan fingerprint density at radius 1 is 0.400 bits per heavy atom. The van der Waals surface area contributed by atoms with Crippen LogP contribution in [-0.4, -0.2) is 106 Å². The van der Waals surface area contributed by atoms with E-state index < -0.39 is 0 Å². The van der Waals surface area contributed by atoms with Crippen LogP contribution in [0.1, 0.15) is 33.6 Å². The van der Waals surface area contributed by atoms with Crippen molar-refractivity contribution in [1.82, 2.24) is 0 Å². The van der Waals surface area contributed by atoms with E-state index in [1.54, 1.807) is 7.11 Å². The van der Waals surface area contributed by atoms with Gasteiger partial charge in [0.05, 0.1) is 92.5 Å². The number of rotatable bonds is 24. The van der Waals surface area contributed by atoms with Gasteiger partial charge >= 0.3 is 0 Å². The Kier molecular flexibility index (Phi) is 23.1. The van der Waals surface area contributed by atoms with Crippen molar-refractivity contribution in [2.45, 2.75) is 33.6 Å². The summed E-state index contributed by atoms with van der Waals surface area (Å²) >= 11 is 0. The quantitative estimate of drug-likeness (QED) is 0.213. The van der Waals surface area contributed by atoms with E-state index in [2.05, 4.69) is 20.8 Å². The molecule has 0 saturated heterocycles. The molecule has 0 aromatic rings. The second-order valence-corrected chi connectivity index (χ2v) is 7.94. The molecule has 182 valence electrons. The normalized spacial score (nSPS) is 12.0. The number of hydrogen-bond acceptors (Lipinski definition) is 8. The number of hydrogen-bond donors (Lipinski definition) is 0. The molecular weight excluding hydrogens is 392 g/mol. The van der Waals surface area contributed by atoms with Crippen molar-refractivity contribution in [3.63, 3.8) is 0 Å². The first-order valence-electron chi connectivity index (χ1n) is 11.1. The summed E-state index contributed by atoms with van der Waals surface area (Å²) in [6, 6.07) is 0. The van der Waals surface area contributed by atoms with Crippen LogP contribution in [0.25, 0.3) is 0 Å². The van der Waals surface area contributed by atoms with Gasteiger partial charge in [0.15, 0.2) is 0 Å². The van der Waals surface area contributed by atoms with E-state index in [1.807, 2.05) is 0 Å².